The van der Waals surface area contributed by atoms with Crippen LogP contribution in [0.2, 0.25) is 10.0 Å². The van der Waals surface area contributed by atoms with Crippen LogP contribution in [0.25, 0.3) is 0 Å². The Morgan fingerprint density at radius 1 is 1.17 bits per heavy atom. The molecule has 1 amide bonds. The van der Waals surface area contributed by atoms with E-state index in [-0.39, 0.29) is 35.3 Å². The highest BCUT2D eigenvalue weighted by Crippen LogP contribution is 2.28. The summed E-state index contributed by atoms with van der Waals surface area (Å²) >= 11 is 12.0. The third kappa shape index (κ3) is 5.08. The summed E-state index contributed by atoms with van der Waals surface area (Å²) in [5, 5.41) is 10.5. The summed E-state index contributed by atoms with van der Waals surface area (Å²) in [6.45, 7) is 0.0817. The minimum Gasteiger partial charge on any atom is -0.497 e. The lowest BCUT2D eigenvalue weighted by Gasteiger charge is -2.11. The normalized spacial score (nSPS) is 10.5. The Labute approximate surface area is 181 Å². The summed E-state index contributed by atoms with van der Waals surface area (Å²) in [5.74, 6) is -0.234. The molecular weight excluding hydrogens is 434 g/mol. The molecule has 3 aromatic rings. The molecule has 3 N–H and O–H groups in total. The number of halogens is 3. The third-order valence-electron chi connectivity index (χ3n) is 4.11. The fourth-order valence-electron chi connectivity index (χ4n) is 2.54. The summed E-state index contributed by atoms with van der Waals surface area (Å²) in [7, 11) is 1.55. The van der Waals surface area contributed by atoms with Gasteiger partial charge in [0.05, 0.1) is 18.7 Å². The molecule has 0 aliphatic carbocycles. The molecule has 30 heavy (non-hydrogen) atoms. The van der Waals surface area contributed by atoms with Gasteiger partial charge in [-0.1, -0.05) is 23.2 Å². The van der Waals surface area contributed by atoms with Crippen LogP contribution in [0, 0.1) is 5.82 Å². The van der Waals surface area contributed by atoms with E-state index in [1.54, 1.807) is 31.4 Å². The Kier molecular flexibility index (Phi) is 6.91. The average Bonchev–Trinajstić information content (AvgIpc) is 2.75. The smallest absolute Gasteiger partial charge is 0.276 e. The van der Waals surface area contributed by atoms with E-state index in [9.17, 15) is 9.18 Å². The first-order valence-corrected chi connectivity index (χ1v) is 9.48. The van der Waals surface area contributed by atoms with Crippen LogP contribution in [0.1, 0.15) is 16.1 Å². The number of nitrogen functional groups attached to an aromatic ring is 1. The third-order valence-corrected chi connectivity index (χ3v) is 4.88. The lowest BCUT2D eigenvalue weighted by atomic mass is 10.1. The number of carbonyl (C=O) groups excluding carboxylic acids is 1. The van der Waals surface area contributed by atoms with Crippen LogP contribution < -0.4 is 20.5 Å². The second-order valence-corrected chi connectivity index (χ2v) is 6.87. The maximum Gasteiger partial charge on any atom is 0.276 e. The Morgan fingerprint density at radius 3 is 2.60 bits per heavy atom. The van der Waals surface area contributed by atoms with Crippen molar-refractivity contribution in [3.63, 3.8) is 0 Å². The number of anilines is 2. The number of nitrogens with zero attached hydrogens (tertiary/aromatic N) is 2. The highest BCUT2D eigenvalue weighted by atomic mass is 35.5. The molecule has 7 nitrogen and oxygen atoms in total. The van der Waals surface area contributed by atoms with Gasteiger partial charge in [0.1, 0.15) is 11.6 Å². The molecule has 10 heteroatoms. The number of methoxy groups -OCH3 is 1. The van der Waals surface area contributed by atoms with Gasteiger partial charge in [0, 0.05) is 23.2 Å². The van der Waals surface area contributed by atoms with Gasteiger partial charge < -0.3 is 20.5 Å². The number of rotatable bonds is 7. The molecule has 0 radical (unpaired) electrons. The zero-order valence-corrected chi connectivity index (χ0v) is 17.3. The van der Waals surface area contributed by atoms with Crippen molar-refractivity contribution in [3.8, 4) is 11.5 Å². The maximum atomic E-state index is 13.6. The number of aromatic nitrogens is 2. The van der Waals surface area contributed by atoms with Crippen LogP contribution in [-0.4, -0.2) is 29.8 Å². The zero-order valence-electron chi connectivity index (χ0n) is 15.8. The first-order chi connectivity index (χ1) is 14.4. The number of benzene rings is 2. The van der Waals surface area contributed by atoms with Crippen LogP contribution in [0.5, 0.6) is 11.5 Å². The summed E-state index contributed by atoms with van der Waals surface area (Å²) in [4.78, 5) is 12.4. The molecule has 0 spiro atoms. The fourth-order valence-corrected chi connectivity index (χ4v) is 3.10. The van der Waals surface area contributed by atoms with E-state index in [1.165, 1.54) is 18.2 Å². The molecule has 1 heterocycles. The minimum absolute atomic E-state index is 0.00688. The minimum atomic E-state index is -0.571. The number of hydrogen-bond acceptors (Lipinski definition) is 6. The number of amides is 1. The summed E-state index contributed by atoms with van der Waals surface area (Å²) in [6, 6.07) is 10.8. The van der Waals surface area contributed by atoms with Gasteiger partial charge in [0.25, 0.3) is 5.91 Å². The van der Waals surface area contributed by atoms with Gasteiger partial charge in [-0.25, -0.2) is 4.39 Å². The predicted octanol–water partition coefficient (Wildman–Crippen LogP) is 4.39. The van der Waals surface area contributed by atoms with Crippen molar-refractivity contribution in [2.24, 2.45) is 0 Å². The van der Waals surface area contributed by atoms with Gasteiger partial charge in [-0.3, -0.25) is 4.79 Å². The molecule has 0 aliphatic heterocycles. The monoisotopic (exact) mass is 450 g/mol. The molecule has 0 unspecified atom stereocenters. The average molecular weight is 451 g/mol. The van der Waals surface area contributed by atoms with Crippen LogP contribution in [0.15, 0.2) is 42.5 Å². The molecule has 0 atom stereocenters. The van der Waals surface area contributed by atoms with Crippen molar-refractivity contribution in [1.29, 1.82) is 0 Å². The molecule has 0 fully saturated rings. The summed E-state index contributed by atoms with van der Waals surface area (Å²) < 4.78 is 24.3. The number of nitrogens with two attached hydrogens (primary N) is 1. The topological polar surface area (TPSA) is 99.4 Å². The molecule has 1 aromatic heterocycles. The second-order valence-electron chi connectivity index (χ2n) is 6.08. The molecule has 3 rings (SSSR count). The Morgan fingerprint density at radius 2 is 1.90 bits per heavy atom. The quantitative estimate of drug-likeness (QED) is 0.517. The lowest BCUT2D eigenvalue weighted by Crippen LogP contribution is -2.16. The van der Waals surface area contributed by atoms with E-state index in [4.69, 9.17) is 38.4 Å². The van der Waals surface area contributed by atoms with Crippen molar-refractivity contribution in [2.45, 2.75) is 6.42 Å². The Balaban J connectivity index is 1.67. The van der Waals surface area contributed by atoms with Gasteiger partial charge in [-0.05, 0) is 42.0 Å². The van der Waals surface area contributed by atoms with Gasteiger partial charge in [0.15, 0.2) is 17.3 Å². The highest BCUT2D eigenvalue weighted by molar-refractivity contribution is 6.36. The van der Waals surface area contributed by atoms with Crippen molar-refractivity contribution < 1.29 is 18.7 Å². The van der Waals surface area contributed by atoms with Crippen LogP contribution in [0.4, 0.5) is 15.9 Å². The van der Waals surface area contributed by atoms with Crippen molar-refractivity contribution in [3.05, 3.63) is 69.6 Å². The number of nitrogens with one attached hydrogen (secondary N) is 1. The van der Waals surface area contributed by atoms with Crippen molar-refractivity contribution in [1.82, 2.24) is 10.2 Å². The van der Waals surface area contributed by atoms with E-state index in [0.717, 1.165) is 0 Å². The van der Waals surface area contributed by atoms with Gasteiger partial charge >= 0.3 is 0 Å². The molecule has 0 bridgehead atoms. The molecular formula is C20H17Cl2FN4O3. The van der Waals surface area contributed by atoms with Crippen molar-refractivity contribution >= 4 is 40.6 Å². The van der Waals surface area contributed by atoms with Crippen molar-refractivity contribution in [2.75, 3.05) is 24.8 Å². The largest absolute Gasteiger partial charge is 0.497 e. The molecule has 0 saturated heterocycles. The molecule has 156 valence electrons. The van der Waals surface area contributed by atoms with Crippen LogP contribution in [-0.2, 0) is 6.42 Å². The molecule has 2 aromatic carbocycles. The van der Waals surface area contributed by atoms with E-state index in [1.807, 2.05) is 0 Å². The first-order valence-electron chi connectivity index (χ1n) is 8.73. The zero-order chi connectivity index (χ0) is 21.7. The highest BCUT2D eigenvalue weighted by Gasteiger charge is 2.15. The van der Waals surface area contributed by atoms with Crippen LogP contribution in [0.3, 0.4) is 0 Å². The van der Waals surface area contributed by atoms with Gasteiger partial charge in [-0.2, -0.15) is 0 Å². The Hall–Kier alpha value is -3.10. The van der Waals surface area contributed by atoms with Gasteiger partial charge in [-0.15, -0.1) is 10.2 Å². The Bertz CT molecular complexity index is 1060. The maximum absolute atomic E-state index is 13.6. The van der Waals surface area contributed by atoms with Gasteiger partial charge in [0.2, 0.25) is 0 Å². The summed E-state index contributed by atoms with van der Waals surface area (Å²) in [6.07, 6.45) is 0.227. The second kappa shape index (κ2) is 9.60. The predicted molar refractivity (Wildman–Crippen MR) is 113 cm³/mol. The first kappa shape index (κ1) is 21.6. The molecule has 0 saturated carbocycles. The molecule has 0 aliphatic rings. The van der Waals surface area contributed by atoms with E-state index < -0.39 is 11.7 Å². The SMILES string of the molecule is COc1ccc(NC(=O)c2cc(OCCc3c(Cl)ccc(F)c3Cl)c(N)nn2)cc1. The summed E-state index contributed by atoms with van der Waals surface area (Å²) in [5.41, 5.74) is 6.76. The van der Waals surface area contributed by atoms with Crippen LogP contribution >= 0.6 is 23.2 Å². The standard InChI is InChI=1S/C20H17Cl2FN4O3/c1-29-12-4-2-11(3-5-12)25-20(28)16-10-17(19(24)27-26-16)30-9-8-13-14(21)6-7-15(23)18(13)22/h2-7,10H,8-9H2,1H3,(H2,24,27)(H,25,28). The van der Waals surface area contributed by atoms with E-state index in [0.29, 0.717) is 22.0 Å². The lowest BCUT2D eigenvalue weighted by molar-refractivity contribution is 0.102. The van der Waals surface area contributed by atoms with E-state index >= 15 is 0 Å². The fraction of sp³-hybridized carbons (Fsp3) is 0.150. The van der Waals surface area contributed by atoms with E-state index in [2.05, 4.69) is 15.5 Å². The number of hydrogen-bond donors (Lipinski definition) is 2. The number of ether oxygens (including phenoxy) is 2. The number of carbonyl (C=O) groups is 1.